The van der Waals surface area contributed by atoms with Gasteiger partial charge in [-0.05, 0) is 38.4 Å². The van der Waals surface area contributed by atoms with Crippen LogP contribution in [0.3, 0.4) is 0 Å². The van der Waals surface area contributed by atoms with E-state index in [1.54, 1.807) is 6.07 Å². The van der Waals surface area contributed by atoms with Crippen LogP contribution in [0, 0.1) is 6.92 Å². The van der Waals surface area contributed by atoms with Crippen molar-refractivity contribution in [3.8, 4) is 0 Å². The van der Waals surface area contributed by atoms with Gasteiger partial charge in [0.25, 0.3) is 5.91 Å². The Hall–Kier alpha value is -1.42. The molecule has 0 spiro atoms. The summed E-state index contributed by atoms with van der Waals surface area (Å²) < 4.78 is 0. The summed E-state index contributed by atoms with van der Waals surface area (Å²) in [7, 11) is 0. The molecule has 1 unspecified atom stereocenters. The van der Waals surface area contributed by atoms with E-state index in [-0.39, 0.29) is 5.91 Å². The van der Waals surface area contributed by atoms with Crippen LogP contribution >= 0.6 is 0 Å². The Morgan fingerprint density at radius 3 is 3.12 bits per heavy atom. The average Bonchev–Trinajstić information content (AvgIpc) is 2.37. The van der Waals surface area contributed by atoms with E-state index in [0.717, 1.165) is 18.7 Å². The zero-order chi connectivity index (χ0) is 12.1. The lowest BCUT2D eigenvalue weighted by molar-refractivity contribution is 0.0942. The van der Waals surface area contributed by atoms with E-state index < -0.39 is 0 Å². The summed E-state index contributed by atoms with van der Waals surface area (Å²) in [4.78, 5) is 16.0. The minimum Gasteiger partial charge on any atom is -0.349 e. The molecule has 1 amide bonds. The molecule has 0 saturated carbocycles. The van der Waals surface area contributed by atoms with Crippen LogP contribution in [0.1, 0.15) is 35.4 Å². The zero-order valence-corrected chi connectivity index (χ0v) is 10.2. The van der Waals surface area contributed by atoms with E-state index in [1.807, 2.05) is 19.1 Å². The summed E-state index contributed by atoms with van der Waals surface area (Å²) in [5.74, 6) is -0.0823. The van der Waals surface area contributed by atoms with E-state index in [1.165, 1.54) is 12.8 Å². The molecule has 2 heterocycles. The van der Waals surface area contributed by atoms with E-state index in [4.69, 9.17) is 0 Å². The van der Waals surface area contributed by atoms with Crippen LogP contribution in [0.4, 0.5) is 0 Å². The van der Waals surface area contributed by atoms with Gasteiger partial charge in [0.05, 0.1) is 0 Å². The van der Waals surface area contributed by atoms with E-state index in [9.17, 15) is 4.79 Å². The second kappa shape index (κ2) is 5.77. The van der Waals surface area contributed by atoms with E-state index in [2.05, 4.69) is 15.6 Å². The third-order valence-electron chi connectivity index (χ3n) is 3.04. The lowest BCUT2D eigenvalue weighted by Crippen LogP contribution is -2.43. The molecule has 1 atom stereocenters. The van der Waals surface area contributed by atoms with Gasteiger partial charge >= 0.3 is 0 Å². The fraction of sp³-hybridized carbons (Fsp3) is 0.538. The molecule has 2 N–H and O–H groups in total. The van der Waals surface area contributed by atoms with Crippen LogP contribution < -0.4 is 10.6 Å². The quantitative estimate of drug-likeness (QED) is 0.826. The maximum atomic E-state index is 11.8. The van der Waals surface area contributed by atoms with Gasteiger partial charge in [-0.15, -0.1) is 0 Å². The molecule has 4 heteroatoms. The van der Waals surface area contributed by atoms with Crippen molar-refractivity contribution in [3.63, 3.8) is 0 Å². The normalized spacial score (nSPS) is 19.9. The first-order chi connectivity index (χ1) is 8.25. The Bertz CT molecular complexity index is 386. The summed E-state index contributed by atoms with van der Waals surface area (Å²) in [6.45, 7) is 3.64. The number of nitrogens with zero attached hydrogens (tertiary/aromatic N) is 1. The number of piperidine rings is 1. The predicted octanol–water partition coefficient (Wildman–Crippen LogP) is 1.26. The molecule has 0 radical (unpaired) electrons. The number of hydrogen-bond acceptors (Lipinski definition) is 3. The maximum Gasteiger partial charge on any atom is 0.269 e. The van der Waals surface area contributed by atoms with Gasteiger partial charge < -0.3 is 10.6 Å². The average molecular weight is 233 g/mol. The van der Waals surface area contributed by atoms with Crippen molar-refractivity contribution in [2.75, 3.05) is 13.1 Å². The number of pyridine rings is 1. The second-order valence-electron chi connectivity index (χ2n) is 4.52. The maximum absolute atomic E-state index is 11.8. The lowest BCUT2D eigenvalue weighted by Gasteiger charge is -2.23. The summed E-state index contributed by atoms with van der Waals surface area (Å²) >= 11 is 0. The zero-order valence-electron chi connectivity index (χ0n) is 10.2. The van der Waals surface area contributed by atoms with Crippen LogP contribution in [0.15, 0.2) is 18.2 Å². The van der Waals surface area contributed by atoms with Gasteiger partial charge in [0, 0.05) is 18.3 Å². The predicted molar refractivity (Wildman–Crippen MR) is 66.9 cm³/mol. The molecule has 92 valence electrons. The Labute approximate surface area is 102 Å². The summed E-state index contributed by atoms with van der Waals surface area (Å²) in [5, 5.41) is 6.33. The molecule has 1 aliphatic heterocycles. The van der Waals surface area contributed by atoms with Gasteiger partial charge in [-0.3, -0.25) is 4.79 Å². The van der Waals surface area contributed by atoms with Crippen molar-refractivity contribution in [2.24, 2.45) is 0 Å². The molecule has 17 heavy (non-hydrogen) atoms. The number of nitrogens with one attached hydrogen (secondary N) is 2. The smallest absolute Gasteiger partial charge is 0.269 e. The number of aromatic nitrogens is 1. The van der Waals surface area contributed by atoms with Gasteiger partial charge in [0.2, 0.25) is 0 Å². The number of carbonyl (C=O) groups excluding carboxylic acids is 1. The molecule has 1 aliphatic rings. The fourth-order valence-electron chi connectivity index (χ4n) is 2.07. The third-order valence-corrected chi connectivity index (χ3v) is 3.04. The van der Waals surface area contributed by atoms with Crippen molar-refractivity contribution in [1.82, 2.24) is 15.6 Å². The first kappa shape index (κ1) is 12.0. The van der Waals surface area contributed by atoms with Gasteiger partial charge in [-0.1, -0.05) is 12.5 Å². The summed E-state index contributed by atoms with van der Waals surface area (Å²) in [5.41, 5.74) is 1.37. The molecule has 1 saturated heterocycles. The SMILES string of the molecule is Cc1cccc(C(=O)NCC2CCCCN2)n1. The lowest BCUT2D eigenvalue weighted by atomic mass is 10.1. The Morgan fingerprint density at radius 1 is 1.53 bits per heavy atom. The van der Waals surface area contributed by atoms with Crippen molar-refractivity contribution >= 4 is 5.91 Å². The minimum atomic E-state index is -0.0823. The van der Waals surface area contributed by atoms with Crippen LogP contribution in [0.2, 0.25) is 0 Å². The summed E-state index contributed by atoms with van der Waals surface area (Å²) in [6.07, 6.45) is 3.63. The van der Waals surface area contributed by atoms with Crippen molar-refractivity contribution in [1.29, 1.82) is 0 Å². The highest BCUT2D eigenvalue weighted by Gasteiger charge is 2.14. The molecule has 1 aromatic heterocycles. The van der Waals surface area contributed by atoms with Gasteiger partial charge in [0.15, 0.2) is 0 Å². The third kappa shape index (κ3) is 3.53. The molecule has 0 aliphatic carbocycles. The van der Waals surface area contributed by atoms with Crippen molar-refractivity contribution in [2.45, 2.75) is 32.2 Å². The fourth-order valence-corrected chi connectivity index (χ4v) is 2.07. The largest absolute Gasteiger partial charge is 0.349 e. The minimum absolute atomic E-state index is 0.0823. The molecular weight excluding hydrogens is 214 g/mol. The van der Waals surface area contributed by atoms with Crippen LogP contribution in [0.25, 0.3) is 0 Å². The number of aryl methyl sites for hydroxylation is 1. The number of carbonyl (C=O) groups is 1. The number of hydrogen-bond donors (Lipinski definition) is 2. The van der Waals surface area contributed by atoms with Crippen molar-refractivity contribution in [3.05, 3.63) is 29.6 Å². The Kier molecular flexibility index (Phi) is 4.09. The highest BCUT2D eigenvalue weighted by molar-refractivity contribution is 5.92. The molecule has 0 aromatic carbocycles. The van der Waals surface area contributed by atoms with Crippen molar-refractivity contribution < 1.29 is 4.79 Å². The van der Waals surface area contributed by atoms with Crippen LogP contribution in [0.5, 0.6) is 0 Å². The number of rotatable bonds is 3. The molecule has 4 nitrogen and oxygen atoms in total. The highest BCUT2D eigenvalue weighted by Crippen LogP contribution is 2.06. The van der Waals surface area contributed by atoms with E-state index in [0.29, 0.717) is 18.3 Å². The molecule has 2 rings (SSSR count). The molecular formula is C13H19N3O. The number of amides is 1. The Balaban J connectivity index is 1.84. The second-order valence-corrected chi connectivity index (χ2v) is 4.52. The highest BCUT2D eigenvalue weighted by atomic mass is 16.1. The van der Waals surface area contributed by atoms with E-state index >= 15 is 0 Å². The molecule has 1 fully saturated rings. The molecule has 1 aromatic rings. The first-order valence-corrected chi connectivity index (χ1v) is 6.21. The van der Waals surface area contributed by atoms with Gasteiger partial charge in [-0.25, -0.2) is 4.98 Å². The van der Waals surface area contributed by atoms with Crippen LogP contribution in [-0.4, -0.2) is 30.0 Å². The van der Waals surface area contributed by atoms with Gasteiger partial charge in [0.1, 0.15) is 5.69 Å². The standard InChI is InChI=1S/C13H19N3O/c1-10-5-4-7-12(16-10)13(17)15-9-11-6-2-3-8-14-11/h4-5,7,11,14H,2-3,6,8-9H2,1H3,(H,15,17). The Morgan fingerprint density at radius 2 is 2.41 bits per heavy atom. The first-order valence-electron chi connectivity index (χ1n) is 6.21. The summed E-state index contributed by atoms with van der Waals surface area (Å²) in [6, 6.07) is 5.91. The van der Waals surface area contributed by atoms with Crippen LogP contribution in [-0.2, 0) is 0 Å². The molecule has 0 bridgehead atoms. The monoisotopic (exact) mass is 233 g/mol. The van der Waals surface area contributed by atoms with Gasteiger partial charge in [-0.2, -0.15) is 0 Å². The topological polar surface area (TPSA) is 54.0 Å².